The van der Waals surface area contributed by atoms with Crippen molar-refractivity contribution in [3.05, 3.63) is 0 Å². The lowest BCUT2D eigenvalue weighted by atomic mass is 9.96. The molecule has 19 heavy (non-hydrogen) atoms. The van der Waals surface area contributed by atoms with E-state index in [0.29, 0.717) is 25.2 Å². The lowest BCUT2D eigenvalue weighted by Gasteiger charge is -2.27. The van der Waals surface area contributed by atoms with E-state index in [1.165, 1.54) is 7.11 Å². The zero-order valence-electron chi connectivity index (χ0n) is 11.7. The van der Waals surface area contributed by atoms with E-state index >= 15 is 0 Å². The highest BCUT2D eigenvalue weighted by Crippen LogP contribution is 2.31. The molecule has 1 aliphatic carbocycles. The topological polar surface area (TPSA) is 67.4 Å². The van der Waals surface area contributed by atoms with Crippen molar-refractivity contribution in [3.63, 3.8) is 0 Å². The van der Waals surface area contributed by atoms with Gasteiger partial charge in [-0.25, -0.2) is 4.79 Å². The summed E-state index contributed by atoms with van der Waals surface area (Å²) in [6.07, 6.45) is 5.91. The number of nitrogens with one attached hydrogen (secondary N) is 2. The smallest absolute Gasteiger partial charge is 0.331 e. The average molecular weight is 268 g/mol. The summed E-state index contributed by atoms with van der Waals surface area (Å²) in [5.41, 5.74) is -0.750. The van der Waals surface area contributed by atoms with Crippen molar-refractivity contribution < 1.29 is 14.3 Å². The molecule has 0 radical (unpaired) electrons. The molecule has 1 atom stereocenters. The molecule has 1 heterocycles. The summed E-state index contributed by atoms with van der Waals surface area (Å²) >= 11 is 0. The minimum atomic E-state index is -0.750. The predicted octanol–water partition coefficient (Wildman–Crippen LogP) is 0.978. The van der Waals surface area contributed by atoms with E-state index in [4.69, 9.17) is 4.74 Å². The van der Waals surface area contributed by atoms with Crippen molar-refractivity contribution in [1.29, 1.82) is 0 Å². The molecular weight excluding hydrogens is 244 g/mol. The molecule has 5 nitrogen and oxygen atoms in total. The first-order chi connectivity index (χ1) is 9.16. The second kappa shape index (κ2) is 6.37. The van der Waals surface area contributed by atoms with Gasteiger partial charge in [0.05, 0.1) is 7.11 Å². The summed E-state index contributed by atoms with van der Waals surface area (Å²) in [5.74, 6) is 0.295. The Balaban J connectivity index is 1.83. The lowest BCUT2D eigenvalue weighted by Crippen LogP contribution is -2.53. The van der Waals surface area contributed by atoms with E-state index in [1.807, 2.05) is 0 Å². The summed E-state index contributed by atoms with van der Waals surface area (Å²) in [4.78, 5) is 23.9. The standard InChI is InChI=1S/C14H24N2O3/c1-19-13(18)14(7-2-3-8-14)16-12(17)5-4-11-6-9-15-10-11/h11,15H,2-10H2,1H3,(H,16,17). The van der Waals surface area contributed by atoms with Gasteiger partial charge in [0.25, 0.3) is 0 Å². The van der Waals surface area contributed by atoms with Crippen LogP contribution in [0.25, 0.3) is 0 Å². The Hall–Kier alpha value is -1.10. The fourth-order valence-electron chi connectivity index (χ4n) is 3.18. The Labute approximate surface area is 114 Å². The Bertz CT molecular complexity index is 332. The SMILES string of the molecule is COC(=O)C1(NC(=O)CCC2CCNC2)CCCC1. The third kappa shape index (κ3) is 3.47. The van der Waals surface area contributed by atoms with Crippen LogP contribution < -0.4 is 10.6 Å². The molecule has 1 saturated carbocycles. The van der Waals surface area contributed by atoms with Gasteiger partial charge in [0, 0.05) is 6.42 Å². The number of hydrogen-bond acceptors (Lipinski definition) is 4. The van der Waals surface area contributed by atoms with E-state index in [9.17, 15) is 9.59 Å². The maximum absolute atomic E-state index is 12.0. The number of carbonyl (C=O) groups is 2. The number of hydrogen-bond donors (Lipinski definition) is 2. The van der Waals surface area contributed by atoms with Gasteiger partial charge in [-0.1, -0.05) is 12.8 Å². The second-order valence-corrected chi connectivity index (χ2v) is 5.73. The Kier molecular flexibility index (Phi) is 4.80. The summed E-state index contributed by atoms with van der Waals surface area (Å²) in [7, 11) is 1.39. The second-order valence-electron chi connectivity index (χ2n) is 5.73. The van der Waals surface area contributed by atoms with Crippen LogP contribution in [0.3, 0.4) is 0 Å². The average Bonchev–Trinajstić information content (AvgIpc) is 3.07. The summed E-state index contributed by atoms with van der Waals surface area (Å²) < 4.78 is 4.85. The van der Waals surface area contributed by atoms with Crippen LogP contribution in [-0.4, -0.2) is 37.6 Å². The van der Waals surface area contributed by atoms with Crippen molar-refractivity contribution >= 4 is 11.9 Å². The van der Waals surface area contributed by atoms with Crippen LogP contribution in [0.2, 0.25) is 0 Å². The van der Waals surface area contributed by atoms with E-state index in [0.717, 1.165) is 38.8 Å². The lowest BCUT2D eigenvalue weighted by molar-refractivity contribution is -0.150. The molecule has 108 valence electrons. The molecule has 5 heteroatoms. The van der Waals surface area contributed by atoms with Crippen LogP contribution in [0.15, 0.2) is 0 Å². The van der Waals surface area contributed by atoms with Gasteiger partial charge >= 0.3 is 5.97 Å². The Morgan fingerprint density at radius 3 is 2.68 bits per heavy atom. The van der Waals surface area contributed by atoms with Gasteiger partial charge in [0.1, 0.15) is 5.54 Å². The maximum atomic E-state index is 12.0. The quantitative estimate of drug-likeness (QED) is 0.729. The molecule has 0 aromatic rings. The Morgan fingerprint density at radius 1 is 1.37 bits per heavy atom. The van der Waals surface area contributed by atoms with Gasteiger partial charge < -0.3 is 15.4 Å². The van der Waals surface area contributed by atoms with Gasteiger partial charge in [0.2, 0.25) is 5.91 Å². The molecule has 0 spiro atoms. The highest BCUT2D eigenvalue weighted by atomic mass is 16.5. The first-order valence-electron chi connectivity index (χ1n) is 7.26. The van der Waals surface area contributed by atoms with Crippen molar-refractivity contribution in [2.75, 3.05) is 20.2 Å². The summed E-state index contributed by atoms with van der Waals surface area (Å²) in [5, 5.41) is 6.23. The first-order valence-corrected chi connectivity index (χ1v) is 7.26. The number of rotatable bonds is 5. The molecule has 0 aromatic heterocycles. The first kappa shape index (κ1) is 14.3. The van der Waals surface area contributed by atoms with Gasteiger partial charge in [0.15, 0.2) is 0 Å². The van der Waals surface area contributed by atoms with Gasteiger partial charge in [-0.2, -0.15) is 0 Å². The van der Waals surface area contributed by atoms with Crippen molar-refractivity contribution in [2.45, 2.75) is 50.5 Å². The minimum absolute atomic E-state index is 0.0146. The normalized spacial score (nSPS) is 25.2. The minimum Gasteiger partial charge on any atom is -0.467 e. The third-order valence-electron chi connectivity index (χ3n) is 4.35. The third-order valence-corrected chi connectivity index (χ3v) is 4.35. The molecular formula is C14H24N2O3. The fourth-order valence-corrected chi connectivity index (χ4v) is 3.18. The number of esters is 1. The number of carbonyl (C=O) groups excluding carboxylic acids is 2. The predicted molar refractivity (Wildman–Crippen MR) is 71.6 cm³/mol. The fraction of sp³-hybridized carbons (Fsp3) is 0.857. The summed E-state index contributed by atoms with van der Waals surface area (Å²) in [6, 6.07) is 0. The molecule has 1 unspecified atom stereocenters. The molecule has 0 bridgehead atoms. The van der Waals surface area contributed by atoms with Crippen LogP contribution in [0.1, 0.15) is 44.9 Å². The monoisotopic (exact) mass is 268 g/mol. The Morgan fingerprint density at radius 2 is 2.11 bits per heavy atom. The van der Waals surface area contributed by atoms with Crippen molar-refractivity contribution in [2.24, 2.45) is 5.92 Å². The van der Waals surface area contributed by atoms with Crippen LogP contribution in [-0.2, 0) is 14.3 Å². The van der Waals surface area contributed by atoms with E-state index < -0.39 is 5.54 Å². The zero-order chi connectivity index (χ0) is 13.7. The maximum Gasteiger partial charge on any atom is 0.331 e. The number of methoxy groups -OCH3 is 1. The molecule has 2 N–H and O–H groups in total. The highest BCUT2D eigenvalue weighted by Gasteiger charge is 2.43. The van der Waals surface area contributed by atoms with E-state index in [2.05, 4.69) is 10.6 Å². The molecule has 1 aliphatic heterocycles. The van der Waals surface area contributed by atoms with Gasteiger partial charge in [-0.05, 0) is 44.7 Å². The molecule has 1 amide bonds. The van der Waals surface area contributed by atoms with E-state index in [1.54, 1.807) is 0 Å². The van der Waals surface area contributed by atoms with Crippen molar-refractivity contribution in [3.8, 4) is 0 Å². The number of amides is 1. The molecule has 1 saturated heterocycles. The molecule has 2 fully saturated rings. The van der Waals surface area contributed by atoms with Crippen LogP contribution in [0.5, 0.6) is 0 Å². The molecule has 2 aliphatic rings. The highest BCUT2D eigenvalue weighted by molar-refractivity contribution is 5.88. The van der Waals surface area contributed by atoms with Gasteiger partial charge in [-0.15, -0.1) is 0 Å². The van der Waals surface area contributed by atoms with Crippen LogP contribution in [0.4, 0.5) is 0 Å². The van der Waals surface area contributed by atoms with Crippen LogP contribution >= 0.6 is 0 Å². The molecule has 0 aromatic carbocycles. The van der Waals surface area contributed by atoms with Crippen LogP contribution in [0, 0.1) is 5.92 Å². The number of ether oxygens (including phenoxy) is 1. The largest absolute Gasteiger partial charge is 0.467 e. The van der Waals surface area contributed by atoms with Crippen molar-refractivity contribution in [1.82, 2.24) is 10.6 Å². The van der Waals surface area contributed by atoms with Gasteiger partial charge in [-0.3, -0.25) is 4.79 Å². The van der Waals surface area contributed by atoms with E-state index in [-0.39, 0.29) is 11.9 Å². The summed E-state index contributed by atoms with van der Waals surface area (Å²) in [6.45, 7) is 2.06. The molecule has 2 rings (SSSR count). The zero-order valence-corrected chi connectivity index (χ0v) is 11.7.